The Hall–Kier alpha value is -1.84. The van der Waals surface area contributed by atoms with Gasteiger partial charge in [-0.3, -0.25) is 4.79 Å². The Morgan fingerprint density at radius 2 is 1.58 bits per heavy atom. The molecule has 3 nitrogen and oxygen atoms in total. The number of hydrogen-bond donors (Lipinski definition) is 0. The van der Waals surface area contributed by atoms with Crippen molar-refractivity contribution in [2.45, 2.75) is 25.8 Å². The van der Waals surface area contributed by atoms with Crippen molar-refractivity contribution in [2.75, 3.05) is 25.0 Å². The first-order chi connectivity index (χ1) is 11.2. The summed E-state index contributed by atoms with van der Waals surface area (Å²) in [6.07, 6.45) is 2.03. The standard InChI is InChI=1S/C20H24N2O.ClH/c1-16-8-6-7-11-19(16)22(18-12-14-21(2)15-13-18)20(23)17-9-4-3-5-10-17;/h3-11,18H,12-15H2,1-2H3;1H. The molecule has 0 unspecified atom stereocenters. The molecule has 0 aliphatic carbocycles. The molecule has 3 rings (SSSR count). The van der Waals surface area contributed by atoms with Crippen LogP contribution in [0.3, 0.4) is 0 Å². The van der Waals surface area contributed by atoms with E-state index in [-0.39, 0.29) is 24.4 Å². The Balaban J connectivity index is 0.00000208. The number of halogens is 1. The molecule has 0 spiro atoms. The zero-order chi connectivity index (χ0) is 16.2. The molecule has 2 aromatic rings. The largest absolute Gasteiger partial charge is 0.306 e. The molecule has 0 N–H and O–H groups in total. The predicted molar refractivity (Wildman–Crippen MR) is 102 cm³/mol. The molecule has 0 atom stereocenters. The van der Waals surface area contributed by atoms with E-state index in [9.17, 15) is 4.79 Å². The molecule has 4 heteroatoms. The smallest absolute Gasteiger partial charge is 0.258 e. The highest BCUT2D eigenvalue weighted by Crippen LogP contribution is 2.28. The average Bonchev–Trinajstić information content (AvgIpc) is 2.59. The second kappa shape index (κ2) is 8.32. The summed E-state index contributed by atoms with van der Waals surface area (Å²) >= 11 is 0. The Kier molecular flexibility index (Phi) is 6.41. The molecule has 0 saturated carbocycles. The summed E-state index contributed by atoms with van der Waals surface area (Å²) in [6, 6.07) is 18.1. The highest BCUT2D eigenvalue weighted by Gasteiger charge is 2.29. The van der Waals surface area contributed by atoms with E-state index in [1.807, 2.05) is 47.4 Å². The van der Waals surface area contributed by atoms with Crippen LogP contribution in [0.15, 0.2) is 54.6 Å². The summed E-state index contributed by atoms with van der Waals surface area (Å²) in [4.78, 5) is 17.5. The number of anilines is 1. The van der Waals surface area contributed by atoms with E-state index in [0.29, 0.717) is 0 Å². The van der Waals surface area contributed by atoms with Gasteiger partial charge in [0.25, 0.3) is 5.91 Å². The summed E-state index contributed by atoms with van der Waals surface area (Å²) in [5, 5.41) is 0. The van der Waals surface area contributed by atoms with E-state index in [4.69, 9.17) is 0 Å². The molecular formula is C20H25ClN2O. The zero-order valence-electron chi connectivity index (χ0n) is 14.3. The average molecular weight is 345 g/mol. The number of rotatable bonds is 3. The quantitative estimate of drug-likeness (QED) is 0.834. The lowest BCUT2D eigenvalue weighted by molar-refractivity contribution is 0.0963. The van der Waals surface area contributed by atoms with Gasteiger partial charge in [-0.2, -0.15) is 0 Å². The number of benzene rings is 2. The first kappa shape index (κ1) is 18.5. The highest BCUT2D eigenvalue weighted by molar-refractivity contribution is 6.06. The number of piperidine rings is 1. The molecule has 1 heterocycles. The van der Waals surface area contributed by atoms with Gasteiger partial charge in [0.05, 0.1) is 0 Å². The van der Waals surface area contributed by atoms with Gasteiger partial charge in [-0.1, -0.05) is 36.4 Å². The maximum Gasteiger partial charge on any atom is 0.258 e. The number of hydrogen-bond acceptors (Lipinski definition) is 2. The minimum Gasteiger partial charge on any atom is -0.306 e. The maximum absolute atomic E-state index is 13.2. The van der Waals surface area contributed by atoms with Crippen molar-refractivity contribution in [1.29, 1.82) is 0 Å². The third kappa shape index (κ3) is 3.97. The number of amides is 1. The van der Waals surface area contributed by atoms with Crippen molar-refractivity contribution in [1.82, 2.24) is 4.90 Å². The third-order valence-electron chi connectivity index (χ3n) is 4.67. The van der Waals surface area contributed by atoms with Crippen molar-refractivity contribution in [3.05, 3.63) is 65.7 Å². The summed E-state index contributed by atoms with van der Waals surface area (Å²) < 4.78 is 0. The first-order valence-corrected chi connectivity index (χ1v) is 8.29. The van der Waals surface area contributed by atoms with Gasteiger partial charge in [0, 0.05) is 17.3 Å². The number of para-hydroxylation sites is 1. The molecule has 24 heavy (non-hydrogen) atoms. The van der Waals surface area contributed by atoms with Crippen molar-refractivity contribution in [3.63, 3.8) is 0 Å². The molecule has 2 aromatic carbocycles. The fourth-order valence-electron chi connectivity index (χ4n) is 3.28. The van der Waals surface area contributed by atoms with Crippen LogP contribution in [0.5, 0.6) is 0 Å². The van der Waals surface area contributed by atoms with Crippen LogP contribution >= 0.6 is 12.4 Å². The van der Waals surface area contributed by atoms with E-state index in [0.717, 1.165) is 42.7 Å². The molecule has 1 fully saturated rings. The van der Waals surface area contributed by atoms with Gasteiger partial charge >= 0.3 is 0 Å². The molecule has 1 saturated heterocycles. The molecular weight excluding hydrogens is 320 g/mol. The lowest BCUT2D eigenvalue weighted by Gasteiger charge is -2.38. The topological polar surface area (TPSA) is 23.6 Å². The maximum atomic E-state index is 13.2. The van der Waals surface area contributed by atoms with E-state index in [2.05, 4.69) is 31.0 Å². The van der Waals surface area contributed by atoms with E-state index >= 15 is 0 Å². The van der Waals surface area contributed by atoms with Crippen LogP contribution < -0.4 is 4.90 Å². The Morgan fingerprint density at radius 1 is 1.00 bits per heavy atom. The van der Waals surface area contributed by atoms with E-state index < -0.39 is 0 Å². The summed E-state index contributed by atoms with van der Waals surface area (Å²) in [7, 11) is 2.15. The molecule has 0 bridgehead atoms. The van der Waals surface area contributed by atoms with Crippen molar-refractivity contribution < 1.29 is 4.79 Å². The summed E-state index contributed by atoms with van der Waals surface area (Å²) in [5.74, 6) is 0.106. The molecule has 1 aliphatic rings. The van der Waals surface area contributed by atoms with Crippen LogP contribution in [-0.2, 0) is 0 Å². The van der Waals surface area contributed by atoms with Gasteiger partial charge < -0.3 is 9.80 Å². The predicted octanol–water partition coefficient (Wildman–Crippen LogP) is 4.16. The number of carbonyl (C=O) groups excluding carboxylic acids is 1. The number of carbonyl (C=O) groups is 1. The van der Waals surface area contributed by atoms with E-state index in [1.165, 1.54) is 0 Å². The van der Waals surface area contributed by atoms with Crippen LogP contribution in [-0.4, -0.2) is 37.0 Å². The second-order valence-electron chi connectivity index (χ2n) is 6.36. The molecule has 0 radical (unpaired) electrons. The van der Waals surface area contributed by atoms with Gasteiger partial charge in [-0.05, 0) is 63.7 Å². The van der Waals surface area contributed by atoms with Crippen molar-refractivity contribution >= 4 is 24.0 Å². The number of nitrogens with zero attached hydrogens (tertiary/aromatic N) is 2. The normalized spacial score (nSPS) is 15.6. The lowest BCUT2D eigenvalue weighted by atomic mass is 10.00. The van der Waals surface area contributed by atoms with Crippen LogP contribution in [0.25, 0.3) is 0 Å². The Bertz CT molecular complexity index is 666. The molecule has 128 valence electrons. The van der Waals surface area contributed by atoms with Crippen LogP contribution in [0, 0.1) is 6.92 Å². The Labute approximate surface area is 150 Å². The zero-order valence-corrected chi connectivity index (χ0v) is 15.1. The Morgan fingerprint density at radius 3 is 2.21 bits per heavy atom. The monoisotopic (exact) mass is 344 g/mol. The van der Waals surface area contributed by atoms with Crippen molar-refractivity contribution in [3.8, 4) is 0 Å². The second-order valence-corrected chi connectivity index (χ2v) is 6.36. The summed E-state index contributed by atoms with van der Waals surface area (Å²) in [6.45, 7) is 4.15. The fourth-order valence-corrected chi connectivity index (χ4v) is 3.28. The van der Waals surface area contributed by atoms with Gasteiger partial charge in [0.15, 0.2) is 0 Å². The van der Waals surface area contributed by atoms with Crippen LogP contribution in [0.4, 0.5) is 5.69 Å². The highest BCUT2D eigenvalue weighted by atomic mass is 35.5. The van der Waals surface area contributed by atoms with Gasteiger partial charge in [-0.25, -0.2) is 0 Å². The number of likely N-dealkylation sites (tertiary alicyclic amines) is 1. The first-order valence-electron chi connectivity index (χ1n) is 8.29. The van der Waals surface area contributed by atoms with Gasteiger partial charge in [0.1, 0.15) is 0 Å². The van der Waals surface area contributed by atoms with Gasteiger partial charge in [-0.15, -0.1) is 12.4 Å². The van der Waals surface area contributed by atoms with Crippen molar-refractivity contribution in [2.24, 2.45) is 0 Å². The minimum atomic E-state index is 0. The SMILES string of the molecule is Cc1ccccc1N(C(=O)c1ccccc1)C1CCN(C)CC1.Cl. The van der Waals surface area contributed by atoms with Crippen LogP contribution in [0.2, 0.25) is 0 Å². The summed E-state index contributed by atoms with van der Waals surface area (Å²) in [5.41, 5.74) is 2.95. The van der Waals surface area contributed by atoms with Crippen LogP contribution in [0.1, 0.15) is 28.8 Å². The molecule has 1 amide bonds. The number of aryl methyl sites for hydroxylation is 1. The van der Waals surface area contributed by atoms with E-state index in [1.54, 1.807) is 0 Å². The van der Waals surface area contributed by atoms with Gasteiger partial charge in [0.2, 0.25) is 0 Å². The molecule has 1 aliphatic heterocycles. The minimum absolute atomic E-state index is 0. The fraction of sp³-hybridized carbons (Fsp3) is 0.350. The molecule has 0 aromatic heterocycles. The lowest BCUT2D eigenvalue weighted by Crippen LogP contribution is -2.47. The third-order valence-corrected chi connectivity index (χ3v) is 4.67.